The van der Waals surface area contributed by atoms with Crippen LogP contribution in [0.4, 0.5) is 4.79 Å². The van der Waals surface area contributed by atoms with Gasteiger partial charge >= 0.3 is 6.09 Å². The molecule has 14 heteroatoms. The molecule has 0 bridgehead atoms. The minimum atomic E-state index is -3.86. The highest BCUT2D eigenvalue weighted by Crippen LogP contribution is 2.45. The minimum Gasteiger partial charge on any atom is -0.472 e. The van der Waals surface area contributed by atoms with Gasteiger partial charge < -0.3 is 14.8 Å². The molecule has 2 aromatic carbocycles. The van der Waals surface area contributed by atoms with Crippen molar-refractivity contribution < 1.29 is 32.3 Å². The molecule has 0 radical (unpaired) electrons. The fourth-order valence-electron chi connectivity index (χ4n) is 6.29. The number of hydrogen-bond acceptors (Lipinski definition) is 9. The van der Waals surface area contributed by atoms with E-state index in [9.17, 15) is 22.8 Å². The normalized spacial score (nSPS) is 23.7. The van der Waals surface area contributed by atoms with Gasteiger partial charge in [-0.25, -0.2) is 18.2 Å². The third-order valence-electron chi connectivity index (χ3n) is 9.05. The van der Waals surface area contributed by atoms with Crippen molar-refractivity contribution in [1.82, 2.24) is 29.5 Å². The van der Waals surface area contributed by atoms with E-state index in [1.165, 1.54) is 11.0 Å². The zero-order chi connectivity index (χ0) is 34.7. The lowest BCUT2D eigenvalue weighted by Gasteiger charge is -2.29. The Bertz CT molecular complexity index is 2090. The number of fused-ring (bicyclic) bond motifs is 3. The number of ether oxygens (including phenoxy) is 2. The second-order valence-electron chi connectivity index (χ2n) is 13.9. The minimum absolute atomic E-state index is 0.00157. The van der Waals surface area contributed by atoms with E-state index in [0.29, 0.717) is 30.1 Å². The molecule has 1 aliphatic heterocycles. The van der Waals surface area contributed by atoms with Crippen molar-refractivity contribution in [2.24, 2.45) is 5.92 Å². The van der Waals surface area contributed by atoms with Gasteiger partial charge in [0.05, 0.1) is 23.0 Å². The van der Waals surface area contributed by atoms with Crippen LogP contribution >= 0.6 is 0 Å². The number of nitrogens with one attached hydrogen (secondary N) is 2. The maximum Gasteiger partial charge on any atom is 0.411 e. The first-order chi connectivity index (χ1) is 23.3. The maximum atomic E-state index is 14.0. The van der Waals surface area contributed by atoms with E-state index >= 15 is 0 Å². The number of rotatable bonds is 9. The van der Waals surface area contributed by atoms with Gasteiger partial charge in [0.1, 0.15) is 23.3 Å². The summed E-state index contributed by atoms with van der Waals surface area (Å²) in [4.78, 5) is 47.1. The molecule has 3 fully saturated rings. The van der Waals surface area contributed by atoms with Crippen LogP contribution in [0, 0.1) is 5.92 Å². The van der Waals surface area contributed by atoms with Crippen LogP contribution in [-0.4, -0.2) is 80.9 Å². The van der Waals surface area contributed by atoms with Gasteiger partial charge in [-0.2, -0.15) is 9.61 Å². The lowest BCUT2D eigenvalue weighted by Crippen LogP contribution is -2.56. The highest BCUT2D eigenvalue weighted by molar-refractivity contribution is 7.91. The SMILES string of the molecule is C=CC1C[C@]1(NC(=O)C1C[C@@H](Oc2cc(-c3ccccc3)nc3c4ccccc4nn23)CN1C(=O)OC(C)(C)C)C(=O)NS(=O)(=O)C1CC1. The predicted octanol–water partition coefficient (Wildman–Crippen LogP) is 3.98. The van der Waals surface area contributed by atoms with Crippen LogP contribution in [-0.2, 0) is 24.3 Å². The number of hydrogen-bond donors (Lipinski definition) is 2. The third-order valence-corrected chi connectivity index (χ3v) is 10.9. The molecule has 2 aromatic heterocycles. The molecule has 3 heterocycles. The Morgan fingerprint density at radius 1 is 1.06 bits per heavy atom. The Hall–Kier alpha value is -4.98. The van der Waals surface area contributed by atoms with Gasteiger partial charge in [0.25, 0.3) is 5.91 Å². The molecule has 49 heavy (non-hydrogen) atoms. The molecular weight excluding hydrogens is 648 g/mol. The number of carbonyl (C=O) groups is 3. The molecular formula is C35H38N6O7S. The van der Waals surface area contributed by atoms with Crippen molar-refractivity contribution in [3.63, 3.8) is 0 Å². The van der Waals surface area contributed by atoms with Crippen LogP contribution in [0.2, 0.25) is 0 Å². The summed E-state index contributed by atoms with van der Waals surface area (Å²) in [5, 5.41) is 7.73. The summed E-state index contributed by atoms with van der Waals surface area (Å²) in [6, 6.07) is 17.9. The Labute approximate surface area is 283 Å². The van der Waals surface area contributed by atoms with Crippen molar-refractivity contribution in [3.8, 4) is 17.1 Å². The molecule has 2 unspecified atom stereocenters. The van der Waals surface area contributed by atoms with Crippen LogP contribution in [0.3, 0.4) is 0 Å². The van der Waals surface area contributed by atoms with Gasteiger partial charge in [-0.3, -0.25) is 19.2 Å². The van der Waals surface area contributed by atoms with Crippen molar-refractivity contribution in [2.45, 2.75) is 75.0 Å². The Morgan fingerprint density at radius 2 is 1.78 bits per heavy atom. The predicted molar refractivity (Wildman–Crippen MR) is 181 cm³/mol. The molecule has 0 spiro atoms. The zero-order valence-corrected chi connectivity index (χ0v) is 28.3. The number of benzene rings is 2. The van der Waals surface area contributed by atoms with Crippen molar-refractivity contribution in [2.75, 3.05) is 6.54 Å². The number of nitrogens with zero attached hydrogens (tertiary/aromatic N) is 4. The smallest absolute Gasteiger partial charge is 0.411 e. The van der Waals surface area contributed by atoms with Crippen LogP contribution in [0.1, 0.15) is 46.5 Å². The average molecular weight is 687 g/mol. The summed E-state index contributed by atoms with van der Waals surface area (Å²) in [6.07, 6.45) is 1.31. The molecule has 256 valence electrons. The molecule has 2 saturated carbocycles. The number of aromatic nitrogens is 3. The van der Waals surface area contributed by atoms with Crippen LogP contribution in [0.25, 0.3) is 27.8 Å². The van der Waals surface area contributed by atoms with Crippen molar-refractivity contribution in [1.29, 1.82) is 0 Å². The number of sulfonamides is 1. The lowest BCUT2D eigenvalue weighted by molar-refractivity contribution is -0.131. The van der Waals surface area contributed by atoms with Gasteiger partial charge in [0.2, 0.25) is 21.8 Å². The summed E-state index contributed by atoms with van der Waals surface area (Å²) in [7, 11) is -3.86. The first kappa shape index (κ1) is 32.6. The highest BCUT2D eigenvalue weighted by Gasteiger charge is 2.62. The number of likely N-dealkylation sites (tertiary alicyclic amines) is 1. The van der Waals surface area contributed by atoms with Gasteiger partial charge in [-0.05, 0) is 52.2 Å². The van der Waals surface area contributed by atoms with Crippen LogP contribution < -0.4 is 14.8 Å². The molecule has 13 nitrogen and oxygen atoms in total. The van der Waals surface area contributed by atoms with Crippen LogP contribution in [0.15, 0.2) is 73.3 Å². The van der Waals surface area contributed by atoms with E-state index in [2.05, 4.69) is 16.6 Å². The lowest BCUT2D eigenvalue weighted by atomic mass is 10.1. The summed E-state index contributed by atoms with van der Waals surface area (Å²) in [5.41, 5.74) is 0.475. The van der Waals surface area contributed by atoms with E-state index in [1.54, 1.807) is 31.4 Å². The largest absolute Gasteiger partial charge is 0.472 e. The Morgan fingerprint density at radius 3 is 2.45 bits per heavy atom. The number of carbonyl (C=O) groups excluding carboxylic acids is 3. The standard InChI is InChI=1S/C35H38N6O7S/c1-5-22-19-35(22,32(43)39-49(45,46)24-15-16-24)37-31(42)28-17-23(20-40(28)33(44)48-34(2,3)4)47-29-18-27(21-11-7-6-8-12-21)36-30-25-13-9-10-14-26(25)38-41(29)30/h5-14,18,22-24,28H,1,15-17,19-20H2,2-4H3,(H,37,42)(H,39,43)/t22?,23-,28?,35-/m1/s1. The quantitative estimate of drug-likeness (QED) is 0.248. The fraction of sp³-hybridized carbons (Fsp3) is 0.400. The van der Waals surface area contributed by atoms with Crippen molar-refractivity contribution in [3.05, 3.63) is 73.3 Å². The summed E-state index contributed by atoms with van der Waals surface area (Å²) in [5.74, 6) is -1.56. The summed E-state index contributed by atoms with van der Waals surface area (Å²) in [6.45, 7) is 8.94. The van der Waals surface area contributed by atoms with Crippen molar-refractivity contribution >= 4 is 44.5 Å². The molecule has 4 atom stereocenters. The first-order valence-corrected chi connectivity index (χ1v) is 17.8. The van der Waals surface area contributed by atoms with E-state index in [0.717, 1.165) is 16.5 Å². The van der Waals surface area contributed by atoms with Crippen LogP contribution in [0.5, 0.6) is 5.88 Å². The molecule has 1 saturated heterocycles. The van der Waals surface area contributed by atoms with E-state index in [1.807, 2.05) is 54.6 Å². The fourth-order valence-corrected chi connectivity index (χ4v) is 7.65. The monoisotopic (exact) mass is 686 g/mol. The molecule has 3 amide bonds. The molecule has 4 aromatic rings. The topological polar surface area (TPSA) is 161 Å². The summed E-state index contributed by atoms with van der Waals surface area (Å²) >= 11 is 0. The van der Waals surface area contributed by atoms with Gasteiger partial charge in [-0.15, -0.1) is 6.58 Å². The second-order valence-corrected chi connectivity index (χ2v) is 15.9. The van der Waals surface area contributed by atoms with E-state index in [-0.39, 0.29) is 19.4 Å². The average Bonchev–Trinajstić information content (AvgIpc) is 3.96. The van der Waals surface area contributed by atoms with E-state index < -0.39 is 62.4 Å². The maximum absolute atomic E-state index is 14.0. The van der Waals surface area contributed by atoms with Gasteiger partial charge in [0.15, 0.2) is 5.65 Å². The number of amides is 3. The Kier molecular flexibility index (Phi) is 7.88. The molecule has 3 aliphatic rings. The molecule has 7 rings (SSSR count). The zero-order valence-electron chi connectivity index (χ0n) is 27.5. The highest BCUT2D eigenvalue weighted by atomic mass is 32.2. The first-order valence-electron chi connectivity index (χ1n) is 16.3. The molecule has 2 N–H and O–H groups in total. The van der Waals surface area contributed by atoms with Gasteiger partial charge in [0, 0.05) is 29.4 Å². The summed E-state index contributed by atoms with van der Waals surface area (Å²) < 4.78 is 41.2. The Balaban J connectivity index is 1.19. The third kappa shape index (κ3) is 6.32. The second kappa shape index (κ2) is 11.9. The van der Waals surface area contributed by atoms with E-state index in [4.69, 9.17) is 19.6 Å². The van der Waals surface area contributed by atoms with Gasteiger partial charge in [-0.1, -0.05) is 48.5 Å². The molecule has 2 aliphatic carbocycles.